The molecule has 1 fully saturated rings. The minimum absolute atomic E-state index is 0.0335. The van der Waals surface area contributed by atoms with Gasteiger partial charge < -0.3 is 14.8 Å². The topological polar surface area (TPSA) is 76.7 Å². The molecule has 0 aliphatic heterocycles. The van der Waals surface area contributed by atoms with Crippen LogP contribution in [0.5, 0.6) is 0 Å². The van der Waals surface area contributed by atoms with Crippen LogP contribution < -0.4 is 10.6 Å². The van der Waals surface area contributed by atoms with E-state index in [0.717, 1.165) is 29.5 Å². The quantitative estimate of drug-likeness (QED) is 0.591. The van der Waals surface area contributed by atoms with Crippen LogP contribution in [0.4, 0.5) is 15.3 Å². The molecule has 6 heteroatoms. The smallest absolute Gasteiger partial charge is 0.411 e. The Balaban J connectivity index is 1.55. The third kappa shape index (κ3) is 7.01. The highest BCUT2D eigenvalue weighted by Crippen LogP contribution is 2.30. The standard InChI is InChI=1S/C26H33N2O4/c1-5-18-11-16-22(19-9-7-6-8-10-19)23(17-18)28-24(29)31-21-14-12-20(13-15-21)27-25(30)32-26(2,3)4/h6-11,16-17,20-21H,1,5,12-15H2,2-4H3,(H,27,30)(H,28,29). The molecule has 0 aromatic heterocycles. The van der Waals surface area contributed by atoms with Crippen molar-refractivity contribution in [3.63, 3.8) is 0 Å². The number of benzene rings is 2. The first-order valence-corrected chi connectivity index (χ1v) is 11.2. The number of amides is 2. The zero-order valence-electron chi connectivity index (χ0n) is 19.1. The molecule has 6 nitrogen and oxygen atoms in total. The third-order valence-electron chi connectivity index (χ3n) is 5.36. The van der Waals surface area contributed by atoms with Crippen molar-refractivity contribution in [2.45, 2.75) is 70.6 Å². The summed E-state index contributed by atoms with van der Waals surface area (Å²) in [5.41, 5.74) is 3.18. The third-order valence-corrected chi connectivity index (χ3v) is 5.36. The number of hydrogen-bond acceptors (Lipinski definition) is 4. The van der Waals surface area contributed by atoms with E-state index < -0.39 is 17.8 Å². The van der Waals surface area contributed by atoms with Gasteiger partial charge in [0.25, 0.3) is 0 Å². The normalized spacial score (nSPS) is 18.5. The number of nitrogens with one attached hydrogen (secondary N) is 2. The van der Waals surface area contributed by atoms with E-state index in [1.165, 1.54) is 0 Å². The summed E-state index contributed by atoms with van der Waals surface area (Å²) in [5, 5.41) is 5.83. The molecule has 3 rings (SSSR count). The Labute approximate surface area is 190 Å². The summed E-state index contributed by atoms with van der Waals surface area (Å²) in [6.07, 6.45) is 2.45. The molecule has 1 aliphatic carbocycles. The predicted octanol–water partition coefficient (Wildman–Crippen LogP) is 6.11. The summed E-state index contributed by atoms with van der Waals surface area (Å²) in [4.78, 5) is 24.6. The van der Waals surface area contributed by atoms with E-state index in [1.54, 1.807) is 0 Å². The number of rotatable bonds is 5. The van der Waals surface area contributed by atoms with Crippen LogP contribution in [-0.2, 0) is 15.9 Å². The van der Waals surface area contributed by atoms with Gasteiger partial charge in [-0.25, -0.2) is 9.59 Å². The molecule has 2 N–H and O–H groups in total. The molecule has 0 saturated heterocycles. The summed E-state index contributed by atoms with van der Waals surface area (Å²) in [6.45, 7) is 9.45. The molecule has 0 bridgehead atoms. The maximum absolute atomic E-state index is 12.6. The van der Waals surface area contributed by atoms with Gasteiger partial charge in [-0.2, -0.15) is 0 Å². The molecule has 1 radical (unpaired) electrons. The molecule has 32 heavy (non-hydrogen) atoms. The zero-order chi connectivity index (χ0) is 23.1. The minimum atomic E-state index is -0.522. The Hall–Kier alpha value is -3.02. The van der Waals surface area contributed by atoms with Gasteiger partial charge in [0.05, 0.1) is 5.69 Å². The zero-order valence-corrected chi connectivity index (χ0v) is 19.1. The van der Waals surface area contributed by atoms with Crippen LogP contribution in [0.15, 0.2) is 48.5 Å². The number of carbonyl (C=O) groups is 2. The molecule has 0 atom stereocenters. The van der Waals surface area contributed by atoms with Crippen molar-refractivity contribution in [3.8, 4) is 11.1 Å². The summed E-state index contributed by atoms with van der Waals surface area (Å²) in [6, 6.07) is 15.9. The molecule has 1 aliphatic rings. The number of anilines is 1. The van der Waals surface area contributed by atoms with E-state index in [2.05, 4.69) is 17.6 Å². The molecular formula is C26H33N2O4. The van der Waals surface area contributed by atoms with Gasteiger partial charge in [-0.05, 0) is 77.0 Å². The monoisotopic (exact) mass is 437 g/mol. The number of carbonyl (C=O) groups excluding carboxylic acids is 2. The molecular weight excluding hydrogens is 404 g/mol. The minimum Gasteiger partial charge on any atom is -0.446 e. The Morgan fingerprint density at radius 1 is 1.00 bits per heavy atom. The highest BCUT2D eigenvalue weighted by atomic mass is 16.6. The van der Waals surface area contributed by atoms with Gasteiger partial charge >= 0.3 is 12.2 Å². The van der Waals surface area contributed by atoms with Gasteiger partial charge in [0.15, 0.2) is 0 Å². The molecule has 0 unspecified atom stereocenters. The van der Waals surface area contributed by atoms with Crippen molar-refractivity contribution in [3.05, 3.63) is 61.0 Å². The van der Waals surface area contributed by atoms with Crippen LogP contribution in [-0.4, -0.2) is 29.9 Å². The highest BCUT2D eigenvalue weighted by Gasteiger charge is 2.27. The molecule has 2 amide bonds. The SMILES string of the molecule is [CH2]Cc1ccc(-c2ccccc2)c(NC(=O)OC2CCC(NC(=O)OC(C)(C)C)CC2)c1. The van der Waals surface area contributed by atoms with Gasteiger partial charge in [0, 0.05) is 11.6 Å². The number of ether oxygens (including phenoxy) is 2. The first-order valence-electron chi connectivity index (χ1n) is 11.2. The lowest BCUT2D eigenvalue weighted by Crippen LogP contribution is -2.42. The molecule has 2 aromatic rings. The predicted molar refractivity (Wildman–Crippen MR) is 126 cm³/mol. The molecule has 0 spiro atoms. The van der Waals surface area contributed by atoms with Crippen LogP contribution >= 0.6 is 0 Å². The Kier molecular flexibility index (Phi) is 7.78. The number of alkyl carbamates (subject to hydrolysis) is 1. The van der Waals surface area contributed by atoms with Crippen molar-refractivity contribution in [2.24, 2.45) is 0 Å². The second-order valence-electron chi connectivity index (χ2n) is 9.15. The lowest BCUT2D eigenvalue weighted by atomic mass is 9.93. The average molecular weight is 438 g/mol. The van der Waals surface area contributed by atoms with Crippen LogP contribution in [0.1, 0.15) is 52.0 Å². The van der Waals surface area contributed by atoms with E-state index in [9.17, 15) is 9.59 Å². The van der Waals surface area contributed by atoms with E-state index in [4.69, 9.17) is 9.47 Å². The van der Waals surface area contributed by atoms with Gasteiger partial charge in [0.1, 0.15) is 11.7 Å². The lowest BCUT2D eigenvalue weighted by Gasteiger charge is -2.30. The fourth-order valence-electron chi connectivity index (χ4n) is 3.81. The summed E-state index contributed by atoms with van der Waals surface area (Å²) < 4.78 is 11.0. The van der Waals surface area contributed by atoms with Crippen molar-refractivity contribution < 1.29 is 19.1 Å². The van der Waals surface area contributed by atoms with Crippen LogP contribution in [0.3, 0.4) is 0 Å². The summed E-state index contributed by atoms with van der Waals surface area (Å²) >= 11 is 0. The van der Waals surface area contributed by atoms with E-state index >= 15 is 0 Å². The average Bonchev–Trinajstić information content (AvgIpc) is 2.74. The van der Waals surface area contributed by atoms with Crippen molar-refractivity contribution in [1.82, 2.24) is 5.32 Å². The molecule has 171 valence electrons. The fraction of sp³-hybridized carbons (Fsp3) is 0.423. The highest BCUT2D eigenvalue weighted by molar-refractivity contribution is 5.91. The largest absolute Gasteiger partial charge is 0.446 e. The lowest BCUT2D eigenvalue weighted by molar-refractivity contribution is 0.0440. The van der Waals surface area contributed by atoms with Gasteiger partial charge in [-0.1, -0.05) is 42.5 Å². The van der Waals surface area contributed by atoms with Gasteiger partial charge in [0.2, 0.25) is 0 Å². The molecule has 2 aromatic carbocycles. The van der Waals surface area contributed by atoms with E-state index in [0.29, 0.717) is 24.9 Å². The van der Waals surface area contributed by atoms with Crippen molar-refractivity contribution in [2.75, 3.05) is 5.32 Å². The van der Waals surface area contributed by atoms with Gasteiger partial charge in [-0.15, -0.1) is 0 Å². The maximum Gasteiger partial charge on any atom is 0.411 e. The first-order chi connectivity index (χ1) is 15.2. The Morgan fingerprint density at radius 3 is 2.31 bits per heavy atom. The second-order valence-corrected chi connectivity index (χ2v) is 9.15. The Morgan fingerprint density at radius 2 is 1.69 bits per heavy atom. The van der Waals surface area contributed by atoms with Crippen LogP contribution in [0, 0.1) is 6.92 Å². The van der Waals surface area contributed by atoms with Crippen molar-refractivity contribution in [1.29, 1.82) is 0 Å². The van der Waals surface area contributed by atoms with Crippen LogP contribution in [0.25, 0.3) is 11.1 Å². The van der Waals surface area contributed by atoms with Gasteiger partial charge in [-0.3, -0.25) is 5.32 Å². The Bertz CT molecular complexity index is 913. The molecule has 1 saturated carbocycles. The van der Waals surface area contributed by atoms with E-state index in [1.807, 2.05) is 69.3 Å². The first kappa shape index (κ1) is 23.6. The maximum atomic E-state index is 12.6. The van der Waals surface area contributed by atoms with E-state index in [-0.39, 0.29) is 12.1 Å². The van der Waals surface area contributed by atoms with Crippen LogP contribution in [0.2, 0.25) is 0 Å². The summed E-state index contributed by atoms with van der Waals surface area (Å²) in [5.74, 6) is 0. The molecule has 0 heterocycles. The second kappa shape index (κ2) is 10.5. The fourth-order valence-corrected chi connectivity index (χ4v) is 3.81. The number of hydrogen-bond donors (Lipinski definition) is 2. The summed E-state index contributed by atoms with van der Waals surface area (Å²) in [7, 11) is 0. The van der Waals surface area contributed by atoms with Crippen molar-refractivity contribution >= 4 is 17.9 Å².